The molecule has 0 saturated carbocycles. The summed E-state index contributed by atoms with van der Waals surface area (Å²) in [6.45, 7) is -1.09. The molecule has 1 fully saturated rings. The first-order valence-electron chi connectivity index (χ1n) is 11.6. The molecule has 1 saturated heterocycles. The van der Waals surface area contributed by atoms with Gasteiger partial charge in [0.05, 0.1) is 33.5 Å². The summed E-state index contributed by atoms with van der Waals surface area (Å²) in [7, 11) is 2.85. The zero-order valence-electron chi connectivity index (χ0n) is 20.2. The summed E-state index contributed by atoms with van der Waals surface area (Å²) in [5.41, 5.74) is 2.23. The molecule has 0 spiro atoms. The van der Waals surface area contributed by atoms with E-state index in [0.29, 0.717) is 39.9 Å². The molecule has 2 aliphatic rings. The second-order valence-electron chi connectivity index (χ2n) is 8.79. The fraction of sp³-hybridized carbons (Fsp3) is 0.423. The lowest BCUT2D eigenvalue weighted by Crippen LogP contribution is -2.60. The first-order chi connectivity index (χ1) is 17.8. The second-order valence-corrected chi connectivity index (χ2v) is 8.79. The van der Waals surface area contributed by atoms with Gasteiger partial charge in [-0.15, -0.1) is 0 Å². The summed E-state index contributed by atoms with van der Waals surface area (Å²) in [5.74, 6) is -0.150. The van der Waals surface area contributed by atoms with Crippen LogP contribution in [0.3, 0.4) is 0 Å². The topological polar surface area (TPSA) is 175 Å². The molecule has 200 valence electrons. The van der Waals surface area contributed by atoms with E-state index in [1.54, 1.807) is 24.3 Å². The third-order valence-electron chi connectivity index (χ3n) is 6.76. The predicted octanol–water partition coefficient (Wildman–Crippen LogP) is -0.116. The van der Waals surface area contributed by atoms with E-state index in [-0.39, 0.29) is 11.5 Å². The van der Waals surface area contributed by atoms with Crippen LogP contribution in [0.1, 0.15) is 28.7 Å². The Kier molecular flexibility index (Phi) is 8.14. The lowest BCUT2D eigenvalue weighted by Gasteiger charge is -2.40. The molecule has 4 rings (SSSR count). The highest BCUT2D eigenvalue weighted by molar-refractivity contribution is 5.87. The van der Waals surface area contributed by atoms with Gasteiger partial charge in [0, 0.05) is 17.0 Å². The first-order valence-corrected chi connectivity index (χ1v) is 11.6. The average molecular weight is 519 g/mol. The van der Waals surface area contributed by atoms with Gasteiger partial charge < -0.3 is 49.6 Å². The van der Waals surface area contributed by atoms with Gasteiger partial charge in [-0.25, -0.2) is 0 Å². The molecule has 2 aromatic carbocycles. The van der Waals surface area contributed by atoms with Gasteiger partial charge in [0.15, 0.2) is 11.5 Å². The molecule has 0 aromatic heterocycles. The van der Waals surface area contributed by atoms with Crippen LogP contribution < -0.4 is 14.2 Å². The van der Waals surface area contributed by atoms with Gasteiger partial charge in [0.1, 0.15) is 36.5 Å². The molecule has 0 bridgehead atoms. The van der Waals surface area contributed by atoms with Gasteiger partial charge in [-0.2, -0.15) is 0 Å². The summed E-state index contributed by atoms with van der Waals surface area (Å²) >= 11 is 0. The van der Waals surface area contributed by atoms with Crippen LogP contribution in [0, 0.1) is 0 Å². The van der Waals surface area contributed by atoms with Crippen LogP contribution in [0.4, 0.5) is 0 Å². The number of allylic oxidation sites excluding steroid dienone is 1. The van der Waals surface area contributed by atoms with E-state index in [1.807, 2.05) is 0 Å². The maximum Gasteiger partial charge on any atom is 0.229 e. The van der Waals surface area contributed by atoms with E-state index >= 15 is 0 Å². The van der Waals surface area contributed by atoms with Crippen LogP contribution in [-0.2, 0) is 9.53 Å². The highest BCUT2D eigenvalue weighted by Gasteiger charge is 2.46. The van der Waals surface area contributed by atoms with Crippen molar-refractivity contribution >= 4 is 12.4 Å². The van der Waals surface area contributed by atoms with Crippen molar-refractivity contribution in [1.82, 2.24) is 0 Å². The lowest BCUT2D eigenvalue weighted by atomic mass is 9.75. The van der Waals surface area contributed by atoms with Crippen molar-refractivity contribution in [2.45, 2.75) is 42.7 Å². The Labute approximate surface area is 212 Å². The van der Waals surface area contributed by atoms with Crippen molar-refractivity contribution in [2.24, 2.45) is 0 Å². The van der Waals surface area contributed by atoms with Gasteiger partial charge in [0.25, 0.3) is 0 Å². The number of methoxy groups -OCH3 is 2. The summed E-state index contributed by atoms with van der Waals surface area (Å²) in [6, 6.07) is 6.67. The number of benzene rings is 2. The second kappa shape index (κ2) is 11.2. The molecule has 1 heterocycles. The highest BCUT2D eigenvalue weighted by Crippen LogP contribution is 2.54. The summed E-state index contributed by atoms with van der Waals surface area (Å²) in [6.07, 6.45) is -5.59. The molecule has 2 aromatic rings. The molecule has 11 nitrogen and oxygen atoms in total. The molecule has 6 N–H and O–H groups in total. The van der Waals surface area contributed by atoms with E-state index < -0.39 is 55.9 Å². The molecular formula is C26H30O11. The molecule has 0 radical (unpaired) electrons. The van der Waals surface area contributed by atoms with Crippen LogP contribution in [0.5, 0.6) is 17.2 Å². The zero-order valence-corrected chi connectivity index (χ0v) is 20.2. The first kappa shape index (κ1) is 27.0. The molecule has 1 aliphatic carbocycles. The number of ether oxygens (including phenoxy) is 4. The van der Waals surface area contributed by atoms with Gasteiger partial charge in [-0.05, 0) is 47.0 Å². The van der Waals surface area contributed by atoms with E-state index in [0.717, 1.165) is 0 Å². The smallest absolute Gasteiger partial charge is 0.229 e. The van der Waals surface area contributed by atoms with Crippen LogP contribution in [0.2, 0.25) is 0 Å². The predicted molar refractivity (Wildman–Crippen MR) is 129 cm³/mol. The Bertz CT molecular complexity index is 1160. The number of hydrogen-bond acceptors (Lipinski definition) is 11. The Hall–Kier alpha value is -3.03. The molecule has 37 heavy (non-hydrogen) atoms. The molecule has 0 unspecified atom stereocenters. The largest absolute Gasteiger partial charge is 0.497 e. The summed E-state index contributed by atoms with van der Waals surface area (Å²) in [4.78, 5) is 11.1. The number of fused-ring (bicyclic) bond motifs is 3. The van der Waals surface area contributed by atoms with Gasteiger partial charge >= 0.3 is 0 Å². The number of hydrogen-bond donors (Lipinski definition) is 6. The van der Waals surface area contributed by atoms with Crippen LogP contribution in [0.25, 0.3) is 17.2 Å². The number of carbonyl (C=O) groups is 1. The van der Waals surface area contributed by atoms with Crippen molar-refractivity contribution in [1.29, 1.82) is 0 Å². The minimum Gasteiger partial charge on any atom is -0.497 e. The van der Waals surface area contributed by atoms with Crippen LogP contribution >= 0.6 is 0 Å². The van der Waals surface area contributed by atoms with Crippen molar-refractivity contribution in [3.63, 3.8) is 0 Å². The number of aliphatic hydroxyl groups excluding tert-OH is 6. The van der Waals surface area contributed by atoms with Gasteiger partial charge in [0.2, 0.25) is 6.29 Å². The summed E-state index contributed by atoms with van der Waals surface area (Å²) in [5, 5.41) is 62.1. The van der Waals surface area contributed by atoms with Gasteiger partial charge in [-0.3, -0.25) is 4.79 Å². The van der Waals surface area contributed by atoms with E-state index in [9.17, 15) is 35.4 Å². The normalized spacial score (nSPS) is 28.9. The average Bonchev–Trinajstić information content (AvgIpc) is 2.91. The minimum absolute atomic E-state index is 0.0339. The number of aliphatic hydroxyl groups is 6. The van der Waals surface area contributed by atoms with Gasteiger partial charge in [-0.1, -0.05) is 6.07 Å². The maximum absolute atomic E-state index is 11.2. The number of rotatable bonds is 8. The minimum atomic E-state index is -1.70. The fourth-order valence-corrected chi connectivity index (χ4v) is 4.85. The fourth-order valence-electron chi connectivity index (χ4n) is 4.85. The van der Waals surface area contributed by atoms with Crippen LogP contribution in [0.15, 0.2) is 30.3 Å². The van der Waals surface area contributed by atoms with Crippen molar-refractivity contribution in [3.05, 3.63) is 47.0 Å². The van der Waals surface area contributed by atoms with Crippen molar-refractivity contribution < 1.29 is 54.4 Å². The monoisotopic (exact) mass is 518 g/mol. The van der Waals surface area contributed by atoms with E-state index in [1.165, 1.54) is 26.4 Å². The number of aldehydes is 1. The molecule has 0 amide bonds. The summed E-state index contributed by atoms with van der Waals surface area (Å²) < 4.78 is 22.6. The van der Waals surface area contributed by atoms with E-state index in [4.69, 9.17) is 18.9 Å². The third kappa shape index (κ3) is 4.71. The molecule has 1 aliphatic heterocycles. The maximum atomic E-state index is 11.2. The Morgan fingerprint density at radius 3 is 2.30 bits per heavy atom. The molecule has 11 heteroatoms. The van der Waals surface area contributed by atoms with Crippen molar-refractivity contribution in [2.75, 3.05) is 27.4 Å². The Morgan fingerprint density at radius 1 is 0.919 bits per heavy atom. The SMILES string of the molecule is COc1ccc2c(c1)[C@@H](O)[C@H](CO)c1cc(/C=C/C=O)c(OC)c(O[C@@H]3O[C@H](CO)[C@@H](O)[C@H](O)[C@H]3O)c1-2. The van der Waals surface area contributed by atoms with Crippen molar-refractivity contribution in [3.8, 4) is 28.4 Å². The lowest BCUT2D eigenvalue weighted by molar-refractivity contribution is -0.277. The molecule has 7 atom stereocenters. The quantitative estimate of drug-likeness (QED) is 0.203. The third-order valence-corrected chi connectivity index (χ3v) is 6.76. The zero-order chi connectivity index (χ0) is 26.9. The molecular weight excluding hydrogens is 488 g/mol. The Morgan fingerprint density at radius 2 is 1.68 bits per heavy atom. The van der Waals surface area contributed by atoms with E-state index in [2.05, 4.69) is 0 Å². The van der Waals surface area contributed by atoms with Crippen LogP contribution in [-0.4, -0.2) is 95.1 Å². The standard InChI is InChI=1S/C26H30O11/c1-34-13-5-6-14-16(9-13)20(30)17(10-28)15-8-12(4-3-7-27)24(35-2)25(19(14)15)37-26-23(33)22(32)21(31)18(11-29)36-26/h3-9,17-18,20-23,26,28-33H,10-11H2,1-2H3/b4-3+/t17-,18-,20-,21-,22+,23-,26+/m1/s1. The Balaban J connectivity index is 1.97. The highest BCUT2D eigenvalue weighted by atomic mass is 16.7. The number of carbonyl (C=O) groups excluding carboxylic acids is 1.